The van der Waals surface area contributed by atoms with Crippen LogP contribution < -0.4 is 10.2 Å². The highest BCUT2D eigenvalue weighted by Crippen LogP contribution is 2.25. The molecule has 2 heterocycles. The molecule has 1 aliphatic heterocycles. The van der Waals surface area contributed by atoms with Crippen LogP contribution in [0, 0.1) is 0 Å². The molecule has 5 nitrogen and oxygen atoms in total. The molecule has 6 heteroatoms. The average molecular weight is 363 g/mol. The Kier molecular flexibility index (Phi) is 4.50. The van der Waals surface area contributed by atoms with E-state index in [9.17, 15) is 9.59 Å². The Labute approximate surface area is 155 Å². The number of rotatable bonds is 4. The molecule has 0 spiro atoms. The van der Waals surface area contributed by atoms with Crippen LogP contribution in [0.25, 0.3) is 16.3 Å². The van der Waals surface area contributed by atoms with Gasteiger partial charge in [-0.3, -0.25) is 9.59 Å². The van der Waals surface area contributed by atoms with E-state index >= 15 is 0 Å². The smallest absolute Gasteiger partial charge is 0.248 e. The lowest BCUT2D eigenvalue weighted by molar-refractivity contribution is -0.117. The number of hydrogen-bond acceptors (Lipinski definition) is 4. The molecule has 3 aromatic rings. The molecule has 0 atom stereocenters. The maximum Gasteiger partial charge on any atom is 0.248 e. The Morgan fingerprint density at radius 3 is 2.88 bits per heavy atom. The van der Waals surface area contributed by atoms with Gasteiger partial charge in [0, 0.05) is 30.4 Å². The molecule has 2 aromatic carbocycles. The predicted octanol–water partition coefficient (Wildman–Crippen LogP) is 4.08. The molecule has 1 N–H and O–H groups in total. The van der Waals surface area contributed by atoms with Crippen molar-refractivity contribution in [2.75, 3.05) is 16.8 Å². The van der Waals surface area contributed by atoms with Gasteiger partial charge in [-0.05, 0) is 42.8 Å². The molecule has 0 aliphatic carbocycles. The molecule has 1 aliphatic rings. The summed E-state index contributed by atoms with van der Waals surface area (Å²) in [4.78, 5) is 30.3. The van der Waals surface area contributed by atoms with Crippen molar-refractivity contribution < 1.29 is 9.59 Å². The van der Waals surface area contributed by atoms with Crippen LogP contribution in [0.1, 0.15) is 17.8 Å². The zero-order chi connectivity index (χ0) is 17.9. The number of anilines is 2. The molecule has 1 fully saturated rings. The molecular weight excluding hydrogens is 346 g/mol. The number of hydrogen-bond donors (Lipinski definition) is 1. The second kappa shape index (κ2) is 7.09. The molecule has 1 aromatic heterocycles. The highest BCUT2D eigenvalue weighted by Gasteiger charge is 2.21. The minimum absolute atomic E-state index is 0.129. The Balaban J connectivity index is 1.45. The van der Waals surface area contributed by atoms with E-state index < -0.39 is 0 Å². The first-order valence-corrected chi connectivity index (χ1v) is 9.26. The molecule has 4 rings (SSSR count). The maximum atomic E-state index is 12.2. The van der Waals surface area contributed by atoms with Crippen LogP contribution in [0.4, 0.5) is 11.4 Å². The summed E-state index contributed by atoms with van der Waals surface area (Å²) in [6.07, 6.45) is 4.65. The van der Waals surface area contributed by atoms with Crippen LogP contribution in [0.5, 0.6) is 0 Å². The Morgan fingerprint density at radius 2 is 2.08 bits per heavy atom. The first kappa shape index (κ1) is 16.5. The quantitative estimate of drug-likeness (QED) is 0.711. The van der Waals surface area contributed by atoms with Gasteiger partial charge < -0.3 is 10.2 Å². The summed E-state index contributed by atoms with van der Waals surface area (Å²) in [7, 11) is 0. The summed E-state index contributed by atoms with van der Waals surface area (Å²) in [6, 6.07) is 15.2. The second-order valence-electron chi connectivity index (χ2n) is 6.04. The van der Waals surface area contributed by atoms with E-state index in [-0.39, 0.29) is 11.8 Å². The van der Waals surface area contributed by atoms with Crippen molar-refractivity contribution >= 4 is 50.8 Å². The molecular formula is C20H17N3O2S. The van der Waals surface area contributed by atoms with E-state index in [1.807, 2.05) is 48.5 Å². The number of carbonyl (C=O) groups is 2. The van der Waals surface area contributed by atoms with Crippen LogP contribution in [-0.4, -0.2) is 23.3 Å². The van der Waals surface area contributed by atoms with Gasteiger partial charge in [0.25, 0.3) is 0 Å². The van der Waals surface area contributed by atoms with E-state index in [1.54, 1.807) is 22.3 Å². The van der Waals surface area contributed by atoms with Gasteiger partial charge in [0.15, 0.2) is 0 Å². The van der Waals surface area contributed by atoms with Gasteiger partial charge in [-0.1, -0.05) is 18.2 Å². The van der Waals surface area contributed by atoms with Crippen LogP contribution in [-0.2, 0) is 9.59 Å². The first-order valence-electron chi connectivity index (χ1n) is 8.44. The van der Waals surface area contributed by atoms with Crippen molar-refractivity contribution in [3.05, 3.63) is 59.6 Å². The van der Waals surface area contributed by atoms with Crippen molar-refractivity contribution in [1.29, 1.82) is 0 Å². The highest BCUT2D eigenvalue weighted by atomic mass is 32.1. The Hall–Kier alpha value is -2.99. The van der Waals surface area contributed by atoms with Gasteiger partial charge in [0.2, 0.25) is 11.8 Å². The molecule has 130 valence electrons. The van der Waals surface area contributed by atoms with E-state index in [4.69, 9.17) is 0 Å². The highest BCUT2D eigenvalue weighted by molar-refractivity contribution is 7.19. The summed E-state index contributed by atoms with van der Waals surface area (Å²) in [5.74, 6) is -0.0987. The van der Waals surface area contributed by atoms with Crippen molar-refractivity contribution in [1.82, 2.24) is 4.98 Å². The van der Waals surface area contributed by atoms with Gasteiger partial charge in [-0.25, -0.2) is 4.98 Å². The van der Waals surface area contributed by atoms with E-state index in [1.165, 1.54) is 6.08 Å². The maximum absolute atomic E-state index is 12.2. The minimum Gasteiger partial charge on any atom is -0.322 e. The van der Waals surface area contributed by atoms with Gasteiger partial charge in [-0.15, -0.1) is 11.3 Å². The van der Waals surface area contributed by atoms with Crippen molar-refractivity contribution in [2.45, 2.75) is 12.8 Å². The average Bonchev–Trinajstić information content (AvgIpc) is 3.25. The number of thiazole rings is 1. The van der Waals surface area contributed by atoms with Crippen LogP contribution >= 0.6 is 11.3 Å². The number of nitrogens with one attached hydrogen (secondary N) is 1. The van der Waals surface area contributed by atoms with Crippen molar-refractivity contribution in [2.24, 2.45) is 0 Å². The van der Waals surface area contributed by atoms with Crippen molar-refractivity contribution in [3.8, 4) is 0 Å². The van der Waals surface area contributed by atoms with Crippen LogP contribution in [0.15, 0.2) is 54.6 Å². The number of nitrogens with zero attached hydrogens (tertiary/aromatic N) is 2. The first-order chi connectivity index (χ1) is 12.7. The number of para-hydroxylation sites is 1. The Bertz CT molecular complexity index is 976. The predicted molar refractivity (Wildman–Crippen MR) is 105 cm³/mol. The summed E-state index contributed by atoms with van der Waals surface area (Å²) in [5.41, 5.74) is 2.42. The molecule has 0 saturated carbocycles. The fourth-order valence-corrected chi connectivity index (χ4v) is 3.84. The number of aromatic nitrogens is 1. The normalized spacial score (nSPS) is 14.5. The SMILES string of the molecule is O=C(/C=C/c1nc2ccccc2s1)Nc1cccc(N2CCCC2=O)c1. The minimum atomic E-state index is -0.228. The van der Waals surface area contributed by atoms with Gasteiger partial charge in [0.1, 0.15) is 5.01 Å². The monoisotopic (exact) mass is 363 g/mol. The van der Waals surface area contributed by atoms with Crippen LogP contribution in [0.2, 0.25) is 0 Å². The summed E-state index contributed by atoms with van der Waals surface area (Å²) in [6.45, 7) is 0.730. The third-order valence-electron chi connectivity index (χ3n) is 4.19. The topological polar surface area (TPSA) is 62.3 Å². The molecule has 26 heavy (non-hydrogen) atoms. The number of carbonyl (C=O) groups excluding carboxylic acids is 2. The van der Waals surface area contributed by atoms with Crippen LogP contribution in [0.3, 0.4) is 0 Å². The number of benzene rings is 2. The van der Waals surface area contributed by atoms with E-state index in [0.29, 0.717) is 12.1 Å². The summed E-state index contributed by atoms with van der Waals surface area (Å²) in [5, 5.41) is 3.63. The lowest BCUT2D eigenvalue weighted by atomic mass is 10.2. The van der Waals surface area contributed by atoms with Gasteiger partial charge >= 0.3 is 0 Å². The standard InChI is InChI=1S/C20H17N3O2S/c24-18(10-11-19-22-16-7-1-2-8-17(16)26-19)21-14-5-3-6-15(13-14)23-12-4-9-20(23)25/h1-3,5-8,10-11,13H,4,9,12H2,(H,21,24)/b11-10+. The fourth-order valence-electron chi connectivity index (χ4n) is 2.96. The summed E-state index contributed by atoms with van der Waals surface area (Å²) < 4.78 is 1.09. The zero-order valence-electron chi connectivity index (χ0n) is 14.0. The van der Waals surface area contributed by atoms with E-state index in [2.05, 4.69) is 10.3 Å². The third-order valence-corrected chi connectivity index (χ3v) is 5.19. The second-order valence-corrected chi connectivity index (χ2v) is 7.10. The zero-order valence-corrected chi connectivity index (χ0v) is 14.8. The fraction of sp³-hybridized carbons (Fsp3) is 0.150. The molecule has 0 bridgehead atoms. The molecule has 0 unspecified atom stereocenters. The van der Waals surface area contributed by atoms with Gasteiger partial charge in [-0.2, -0.15) is 0 Å². The largest absolute Gasteiger partial charge is 0.322 e. The lowest BCUT2D eigenvalue weighted by Gasteiger charge is -2.16. The molecule has 1 saturated heterocycles. The molecule has 2 amide bonds. The van der Waals surface area contributed by atoms with E-state index in [0.717, 1.165) is 33.9 Å². The number of amides is 2. The molecule has 0 radical (unpaired) electrons. The number of fused-ring (bicyclic) bond motifs is 1. The van der Waals surface area contributed by atoms with Crippen molar-refractivity contribution in [3.63, 3.8) is 0 Å². The Morgan fingerprint density at radius 1 is 1.19 bits per heavy atom. The lowest BCUT2D eigenvalue weighted by Crippen LogP contribution is -2.23. The summed E-state index contributed by atoms with van der Waals surface area (Å²) >= 11 is 1.54. The third kappa shape index (κ3) is 3.50. The van der Waals surface area contributed by atoms with Gasteiger partial charge in [0.05, 0.1) is 10.2 Å².